The Hall–Kier alpha value is -4.37. The van der Waals surface area contributed by atoms with Crippen molar-refractivity contribution < 1.29 is 33.7 Å². The summed E-state index contributed by atoms with van der Waals surface area (Å²) in [5.74, 6) is -4.32. The highest BCUT2D eigenvalue weighted by Gasteiger charge is 2.32. The SMILES string of the molecule is O=C(O)c1oc(C(=O)c2c[nH]c3c(CCCCO)cccc23)c(O)c1-c1c[nH]c2cc(F)ccc12. The Morgan fingerprint density at radius 3 is 2.60 bits per heavy atom. The molecule has 3 heterocycles. The van der Waals surface area contributed by atoms with Crippen molar-refractivity contribution in [1.82, 2.24) is 9.97 Å². The summed E-state index contributed by atoms with van der Waals surface area (Å²) in [7, 11) is 0. The first kappa shape index (κ1) is 22.4. The number of fused-ring (bicyclic) bond motifs is 2. The van der Waals surface area contributed by atoms with Gasteiger partial charge in [0.25, 0.3) is 0 Å². The van der Waals surface area contributed by atoms with Crippen LogP contribution in [0, 0.1) is 5.82 Å². The summed E-state index contributed by atoms with van der Waals surface area (Å²) in [4.78, 5) is 31.3. The first-order valence-electron chi connectivity index (χ1n) is 11.0. The second-order valence-electron chi connectivity index (χ2n) is 8.23. The first-order chi connectivity index (χ1) is 16.9. The lowest BCUT2D eigenvalue weighted by Gasteiger charge is -2.03. The zero-order valence-electron chi connectivity index (χ0n) is 18.4. The molecule has 0 unspecified atom stereocenters. The number of para-hydroxylation sites is 1. The van der Waals surface area contributed by atoms with E-state index in [9.17, 15) is 24.2 Å². The Morgan fingerprint density at radius 1 is 1.00 bits per heavy atom. The molecule has 2 aromatic carbocycles. The molecule has 0 fully saturated rings. The Bertz CT molecular complexity index is 1590. The van der Waals surface area contributed by atoms with Crippen LogP contribution in [0.4, 0.5) is 4.39 Å². The van der Waals surface area contributed by atoms with E-state index >= 15 is 0 Å². The van der Waals surface area contributed by atoms with Crippen molar-refractivity contribution in [3.63, 3.8) is 0 Å². The number of hydrogen-bond donors (Lipinski definition) is 5. The van der Waals surface area contributed by atoms with Crippen LogP contribution in [-0.2, 0) is 6.42 Å². The van der Waals surface area contributed by atoms with Gasteiger partial charge in [-0.15, -0.1) is 0 Å². The van der Waals surface area contributed by atoms with E-state index in [0.717, 1.165) is 17.5 Å². The minimum Gasteiger partial charge on any atom is -0.504 e. The van der Waals surface area contributed by atoms with E-state index in [4.69, 9.17) is 9.52 Å². The average Bonchev–Trinajstić information content (AvgIpc) is 3.54. The number of carbonyl (C=O) groups excluding carboxylic acids is 1. The Kier molecular flexibility index (Phi) is 5.62. The Morgan fingerprint density at radius 2 is 1.83 bits per heavy atom. The van der Waals surface area contributed by atoms with E-state index in [1.165, 1.54) is 30.6 Å². The fourth-order valence-electron chi connectivity index (χ4n) is 4.44. The molecular formula is C26H21FN2O6. The van der Waals surface area contributed by atoms with Crippen LogP contribution in [0.1, 0.15) is 45.1 Å². The quantitative estimate of drug-likeness (QED) is 0.158. The average molecular weight is 476 g/mol. The minimum atomic E-state index is -1.46. The molecule has 9 heteroatoms. The molecule has 0 amide bonds. The topological polar surface area (TPSA) is 140 Å². The fraction of sp³-hybridized carbons (Fsp3) is 0.154. The first-order valence-corrected chi connectivity index (χ1v) is 11.0. The summed E-state index contributed by atoms with van der Waals surface area (Å²) in [6.45, 7) is 0.0990. The number of ketones is 1. The van der Waals surface area contributed by atoms with Gasteiger partial charge < -0.3 is 29.7 Å². The maximum Gasteiger partial charge on any atom is 0.372 e. The Labute approximate surface area is 197 Å². The standard InChI is InChI=1S/C26H21FN2O6/c27-14-7-8-15-17(11-28-19(15)10-14)20-23(32)25(35-24(20)26(33)34)22(31)18-12-29-21-13(4-1-2-9-30)5-3-6-16(18)21/h3,5-8,10-12,28-30,32H,1-2,4,9H2,(H,33,34). The van der Waals surface area contributed by atoms with E-state index in [1.807, 2.05) is 12.1 Å². The maximum atomic E-state index is 13.6. The number of aromatic hydroxyl groups is 1. The third-order valence-electron chi connectivity index (χ3n) is 6.10. The molecular weight excluding hydrogens is 455 g/mol. The van der Waals surface area contributed by atoms with Gasteiger partial charge in [0.1, 0.15) is 5.82 Å². The van der Waals surface area contributed by atoms with Crippen molar-refractivity contribution in [2.24, 2.45) is 0 Å². The summed E-state index contributed by atoms with van der Waals surface area (Å²) in [5.41, 5.74) is 2.44. The number of carbonyl (C=O) groups is 2. The normalized spacial score (nSPS) is 11.5. The number of aliphatic hydroxyl groups excluding tert-OH is 1. The van der Waals surface area contributed by atoms with Gasteiger partial charge >= 0.3 is 5.97 Å². The predicted molar refractivity (Wildman–Crippen MR) is 126 cm³/mol. The molecule has 3 aromatic heterocycles. The number of aliphatic hydroxyl groups is 1. The van der Waals surface area contributed by atoms with Crippen molar-refractivity contribution in [3.05, 3.63) is 77.3 Å². The number of unbranched alkanes of at least 4 members (excludes halogenated alkanes) is 1. The van der Waals surface area contributed by atoms with E-state index in [0.29, 0.717) is 29.1 Å². The lowest BCUT2D eigenvalue weighted by molar-refractivity contribution is 0.0661. The van der Waals surface area contributed by atoms with Gasteiger partial charge in [0.2, 0.25) is 17.3 Å². The molecule has 8 nitrogen and oxygen atoms in total. The second-order valence-corrected chi connectivity index (χ2v) is 8.23. The van der Waals surface area contributed by atoms with Crippen molar-refractivity contribution in [2.75, 3.05) is 6.61 Å². The molecule has 0 bridgehead atoms. The monoisotopic (exact) mass is 476 g/mol. The molecule has 0 saturated heterocycles. The zero-order chi connectivity index (χ0) is 24.7. The number of aromatic nitrogens is 2. The number of aryl methyl sites for hydroxylation is 1. The van der Waals surface area contributed by atoms with Crippen LogP contribution in [0.5, 0.6) is 5.75 Å². The molecule has 0 saturated carbocycles. The van der Waals surface area contributed by atoms with Crippen LogP contribution in [0.3, 0.4) is 0 Å². The number of H-pyrrole nitrogens is 2. The summed E-state index contributed by atoms with van der Waals surface area (Å²) in [6.07, 6.45) is 5.06. The second kappa shape index (κ2) is 8.77. The van der Waals surface area contributed by atoms with Gasteiger partial charge in [-0.25, -0.2) is 9.18 Å². The molecule has 178 valence electrons. The molecule has 5 aromatic rings. The van der Waals surface area contributed by atoms with Crippen LogP contribution in [-0.4, -0.2) is 43.6 Å². The maximum absolute atomic E-state index is 13.6. The van der Waals surface area contributed by atoms with Gasteiger partial charge in [-0.1, -0.05) is 18.2 Å². The van der Waals surface area contributed by atoms with Gasteiger partial charge in [0.15, 0.2) is 5.75 Å². The lowest BCUT2D eigenvalue weighted by atomic mass is 10.00. The van der Waals surface area contributed by atoms with Crippen LogP contribution in [0.25, 0.3) is 32.9 Å². The van der Waals surface area contributed by atoms with Crippen molar-refractivity contribution in [3.8, 4) is 16.9 Å². The molecule has 0 atom stereocenters. The third kappa shape index (κ3) is 3.75. The highest BCUT2D eigenvalue weighted by molar-refractivity contribution is 6.18. The van der Waals surface area contributed by atoms with Crippen LogP contribution < -0.4 is 0 Å². The van der Waals surface area contributed by atoms with Crippen molar-refractivity contribution >= 4 is 33.6 Å². The van der Waals surface area contributed by atoms with Gasteiger partial charge in [-0.05, 0) is 43.0 Å². The number of benzene rings is 2. The molecule has 0 radical (unpaired) electrons. The Balaban J connectivity index is 1.61. The molecule has 0 aliphatic heterocycles. The number of rotatable bonds is 8. The number of furan rings is 1. The number of carboxylic acids is 1. The largest absolute Gasteiger partial charge is 0.504 e. The minimum absolute atomic E-state index is 0.0990. The number of aromatic amines is 2. The van der Waals surface area contributed by atoms with Crippen LogP contribution >= 0.6 is 0 Å². The van der Waals surface area contributed by atoms with Gasteiger partial charge in [-0.2, -0.15) is 0 Å². The molecule has 5 rings (SSSR count). The van der Waals surface area contributed by atoms with E-state index in [1.54, 1.807) is 6.07 Å². The molecule has 0 aliphatic rings. The van der Waals surface area contributed by atoms with E-state index in [-0.39, 0.29) is 23.3 Å². The molecule has 0 aliphatic carbocycles. The number of hydrogen-bond acceptors (Lipinski definition) is 5. The third-order valence-corrected chi connectivity index (χ3v) is 6.10. The summed E-state index contributed by atoms with van der Waals surface area (Å²) in [5, 5.41) is 30.8. The number of halogens is 1. The van der Waals surface area contributed by atoms with Crippen molar-refractivity contribution in [1.29, 1.82) is 0 Å². The smallest absolute Gasteiger partial charge is 0.372 e. The van der Waals surface area contributed by atoms with Gasteiger partial charge in [0, 0.05) is 46.4 Å². The van der Waals surface area contributed by atoms with Crippen LogP contribution in [0.2, 0.25) is 0 Å². The zero-order valence-corrected chi connectivity index (χ0v) is 18.4. The summed E-state index contributed by atoms with van der Waals surface area (Å²) >= 11 is 0. The lowest BCUT2D eigenvalue weighted by Crippen LogP contribution is -2.00. The van der Waals surface area contributed by atoms with E-state index < -0.39 is 34.8 Å². The highest BCUT2D eigenvalue weighted by Crippen LogP contribution is 2.42. The van der Waals surface area contributed by atoms with Crippen LogP contribution in [0.15, 0.2) is 53.2 Å². The fourth-order valence-corrected chi connectivity index (χ4v) is 4.44. The van der Waals surface area contributed by atoms with Gasteiger partial charge in [-0.3, -0.25) is 4.79 Å². The predicted octanol–water partition coefficient (Wildman–Crippen LogP) is 5.00. The summed E-state index contributed by atoms with van der Waals surface area (Å²) < 4.78 is 19.0. The highest BCUT2D eigenvalue weighted by atomic mass is 19.1. The van der Waals surface area contributed by atoms with E-state index in [2.05, 4.69) is 9.97 Å². The summed E-state index contributed by atoms with van der Waals surface area (Å²) in [6, 6.07) is 9.40. The van der Waals surface area contributed by atoms with Gasteiger partial charge in [0.05, 0.1) is 11.1 Å². The molecule has 35 heavy (non-hydrogen) atoms. The number of carboxylic acid groups (broad SMARTS) is 1. The molecule has 5 N–H and O–H groups in total. The molecule has 0 spiro atoms. The number of aromatic carboxylic acids is 1. The van der Waals surface area contributed by atoms with Crippen molar-refractivity contribution in [2.45, 2.75) is 19.3 Å². The number of nitrogens with one attached hydrogen (secondary N) is 2.